The number of anilines is 1. The van der Waals surface area contributed by atoms with Gasteiger partial charge in [-0.3, -0.25) is 4.90 Å². The molecule has 0 saturated carbocycles. The van der Waals surface area contributed by atoms with Crippen molar-refractivity contribution in [2.24, 2.45) is 5.73 Å². The standard InChI is InChI=1S/C13H18N2O2.ClH/c1-13(2,3)17-12(16)15-8-10(14)9-6-4-5-7-11(9)15;/h4-7,10H,8,14H2,1-3H3;1H/t10-;/m0./s1. The lowest BCUT2D eigenvalue weighted by molar-refractivity contribution is 0.0582. The van der Waals surface area contributed by atoms with Crippen LogP contribution in [0.3, 0.4) is 0 Å². The molecule has 0 bridgehead atoms. The number of amides is 1. The van der Waals surface area contributed by atoms with Gasteiger partial charge < -0.3 is 10.5 Å². The Balaban J connectivity index is 0.00000162. The highest BCUT2D eigenvalue weighted by atomic mass is 35.5. The van der Waals surface area contributed by atoms with Crippen LogP contribution in [0.2, 0.25) is 0 Å². The van der Waals surface area contributed by atoms with Crippen molar-refractivity contribution in [3.8, 4) is 0 Å². The minimum Gasteiger partial charge on any atom is -0.443 e. The Labute approximate surface area is 114 Å². The van der Waals surface area contributed by atoms with E-state index in [0.29, 0.717) is 6.54 Å². The fraction of sp³-hybridized carbons (Fsp3) is 0.462. The molecule has 1 aliphatic heterocycles. The quantitative estimate of drug-likeness (QED) is 0.789. The Morgan fingerprint density at radius 1 is 1.39 bits per heavy atom. The van der Waals surface area contributed by atoms with E-state index in [-0.39, 0.29) is 24.5 Å². The molecule has 4 nitrogen and oxygen atoms in total. The third kappa shape index (κ3) is 2.94. The summed E-state index contributed by atoms with van der Waals surface area (Å²) in [6, 6.07) is 7.54. The number of nitrogens with zero attached hydrogens (tertiary/aromatic N) is 1. The Kier molecular flexibility index (Phi) is 4.24. The Morgan fingerprint density at radius 2 is 2.00 bits per heavy atom. The van der Waals surface area contributed by atoms with Gasteiger partial charge in [0, 0.05) is 6.54 Å². The molecule has 5 heteroatoms. The van der Waals surface area contributed by atoms with E-state index in [9.17, 15) is 4.79 Å². The second-order valence-electron chi connectivity index (χ2n) is 5.26. The lowest BCUT2D eigenvalue weighted by atomic mass is 10.1. The zero-order valence-electron chi connectivity index (χ0n) is 10.8. The molecule has 0 saturated heterocycles. The normalized spacial score (nSPS) is 18.0. The molecule has 0 radical (unpaired) electrons. The Morgan fingerprint density at radius 3 is 2.61 bits per heavy atom. The van der Waals surface area contributed by atoms with Crippen LogP contribution in [-0.2, 0) is 4.74 Å². The average molecular weight is 271 g/mol. The van der Waals surface area contributed by atoms with E-state index in [1.807, 2.05) is 45.0 Å². The predicted molar refractivity (Wildman–Crippen MR) is 74.2 cm³/mol. The van der Waals surface area contributed by atoms with Crippen LogP contribution in [0.5, 0.6) is 0 Å². The van der Waals surface area contributed by atoms with E-state index in [2.05, 4.69) is 0 Å². The number of nitrogens with two attached hydrogens (primary N) is 1. The molecule has 1 aromatic carbocycles. The maximum absolute atomic E-state index is 12.0. The number of halogens is 1. The molecule has 18 heavy (non-hydrogen) atoms. The van der Waals surface area contributed by atoms with Crippen molar-refractivity contribution in [2.75, 3.05) is 11.4 Å². The van der Waals surface area contributed by atoms with Crippen molar-refractivity contribution in [1.29, 1.82) is 0 Å². The van der Waals surface area contributed by atoms with Gasteiger partial charge in [-0.25, -0.2) is 4.79 Å². The first-order chi connectivity index (χ1) is 7.88. The van der Waals surface area contributed by atoms with Crippen molar-refractivity contribution in [1.82, 2.24) is 0 Å². The summed E-state index contributed by atoms with van der Waals surface area (Å²) in [5.74, 6) is 0. The molecular weight excluding hydrogens is 252 g/mol. The van der Waals surface area contributed by atoms with Crippen LogP contribution in [0.4, 0.5) is 10.5 Å². The molecule has 0 aliphatic carbocycles. The SMILES string of the molecule is CC(C)(C)OC(=O)N1C[C@H](N)c2ccccc21.Cl. The van der Waals surface area contributed by atoms with Crippen LogP contribution in [0, 0.1) is 0 Å². The number of carbonyl (C=O) groups is 1. The number of ether oxygens (including phenoxy) is 1. The summed E-state index contributed by atoms with van der Waals surface area (Å²) >= 11 is 0. The number of hydrogen-bond acceptors (Lipinski definition) is 3. The molecule has 0 aromatic heterocycles. The molecule has 1 heterocycles. The molecule has 2 rings (SSSR count). The van der Waals surface area contributed by atoms with Crippen molar-refractivity contribution in [3.63, 3.8) is 0 Å². The van der Waals surface area contributed by atoms with Crippen molar-refractivity contribution < 1.29 is 9.53 Å². The summed E-state index contributed by atoms with van der Waals surface area (Å²) in [5.41, 5.74) is 7.36. The van der Waals surface area contributed by atoms with Gasteiger partial charge in [0.05, 0.1) is 11.7 Å². The Hall–Kier alpha value is -1.26. The number of carbonyl (C=O) groups excluding carboxylic acids is 1. The van der Waals surface area contributed by atoms with E-state index in [0.717, 1.165) is 11.3 Å². The highest BCUT2D eigenvalue weighted by Gasteiger charge is 2.32. The van der Waals surface area contributed by atoms with Crippen molar-refractivity contribution in [3.05, 3.63) is 29.8 Å². The largest absolute Gasteiger partial charge is 0.443 e. The smallest absolute Gasteiger partial charge is 0.414 e. The van der Waals surface area contributed by atoms with E-state index >= 15 is 0 Å². The topological polar surface area (TPSA) is 55.6 Å². The van der Waals surface area contributed by atoms with Gasteiger partial charge in [0.25, 0.3) is 0 Å². The van der Waals surface area contributed by atoms with Crippen LogP contribution in [-0.4, -0.2) is 18.2 Å². The molecule has 0 spiro atoms. The van der Waals surface area contributed by atoms with Crippen LogP contribution < -0.4 is 10.6 Å². The fourth-order valence-electron chi connectivity index (χ4n) is 1.93. The monoisotopic (exact) mass is 270 g/mol. The first kappa shape index (κ1) is 14.8. The first-order valence-electron chi connectivity index (χ1n) is 5.73. The highest BCUT2D eigenvalue weighted by molar-refractivity contribution is 5.91. The molecule has 1 aliphatic rings. The summed E-state index contributed by atoms with van der Waals surface area (Å²) < 4.78 is 5.36. The summed E-state index contributed by atoms with van der Waals surface area (Å²) in [4.78, 5) is 13.6. The van der Waals surface area contributed by atoms with Crippen molar-refractivity contribution in [2.45, 2.75) is 32.4 Å². The lowest BCUT2D eigenvalue weighted by Gasteiger charge is -2.24. The maximum Gasteiger partial charge on any atom is 0.414 e. The van der Waals surface area contributed by atoms with Crippen LogP contribution in [0.15, 0.2) is 24.3 Å². The Bertz CT molecular complexity index is 443. The van der Waals surface area contributed by atoms with E-state index in [4.69, 9.17) is 10.5 Å². The third-order valence-electron chi connectivity index (χ3n) is 2.62. The lowest BCUT2D eigenvalue weighted by Crippen LogP contribution is -2.36. The van der Waals surface area contributed by atoms with Gasteiger partial charge >= 0.3 is 6.09 Å². The number of benzene rings is 1. The molecule has 2 N–H and O–H groups in total. The number of fused-ring (bicyclic) bond motifs is 1. The number of rotatable bonds is 0. The molecule has 100 valence electrons. The molecular formula is C13H19ClN2O2. The molecule has 0 fully saturated rings. The second-order valence-corrected chi connectivity index (χ2v) is 5.26. The van der Waals surface area contributed by atoms with Crippen molar-refractivity contribution >= 4 is 24.2 Å². The second kappa shape index (κ2) is 5.16. The predicted octanol–water partition coefficient (Wildman–Crippen LogP) is 2.86. The van der Waals surface area contributed by atoms with Gasteiger partial charge in [0.1, 0.15) is 5.60 Å². The molecule has 1 aromatic rings. The molecule has 1 amide bonds. The summed E-state index contributed by atoms with van der Waals surface area (Å²) in [5, 5.41) is 0. The minimum absolute atomic E-state index is 0. The van der Waals surface area contributed by atoms with E-state index in [1.165, 1.54) is 0 Å². The zero-order valence-corrected chi connectivity index (χ0v) is 11.7. The fourth-order valence-corrected chi connectivity index (χ4v) is 1.93. The van der Waals surface area contributed by atoms with Gasteiger partial charge in [-0.05, 0) is 32.4 Å². The first-order valence-corrected chi connectivity index (χ1v) is 5.73. The summed E-state index contributed by atoms with van der Waals surface area (Å²) in [6.45, 7) is 6.04. The van der Waals surface area contributed by atoms with Gasteiger partial charge in [-0.2, -0.15) is 0 Å². The average Bonchev–Trinajstić information content (AvgIpc) is 2.55. The van der Waals surface area contributed by atoms with Gasteiger partial charge in [-0.15, -0.1) is 12.4 Å². The third-order valence-corrected chi connectivity index (χ3v) is 2.62. The van der Waals surface area contributed by atoms with Gasteiger partial charge in [0.2, 0.25) is 0 Å². The maximum atomic E-state index is 12.0. The minimum atomic E-state index is -0.487. The summed E-state index contributed by atoms with van der Waals surface area (Å²) in [7, 11) is 0. The number of para-hydroxylation sites is 1. The molecule has 1 atom stereocenters. The van der Waals surface area contributed by atoms with Crippen LogP contribution in [0.1, 0.15) is 32.4 Å². The zero-order chi connectivity index (χ0) is 12.6. The van der Waals surface area contributed by atoms with Crippen LogP contribution >= 0.6 is 12.4 Å². The van der Waals surface area contributed by atoms with Gasteiger partial charge in [-0.1, -0.05) is 18.2 Å². The van der Waals surface area contributed by atoms with Crippen LogP contribution in [0.25, 0.3) is 0 Å². The summed E-state index contributed by atoms with van der Waals surface area (Å²) in [6.07, 6.45) is -0.335. The molecule has 0 unspecified atom stereocenters. The van der Waals surface area contributed by atoms with E-state index < -0.39 is 5.60 Å². The van der Waals surface area contributed by atoms with E-state index in [1.54, 1.807) is 4.90 Å². The highest BCUT2D eigenvalue weighted by Crippen LogP contribution is 2.33. The number of hydrogen-bond donors (Lipinski definition) is 1. The van der Waals surface area contributed by atoms with Gasteiger partial charge in [0.15, 0.2) is 0 Å².